The first-order chi connectivity index (χ1) is 11.3. The van der Waals surface area contributed by atoms with Gasteiger partial charge in [-0.25, -0.2) is 8.78 Å². The van der Waals surface area contributed by atoms with Gasteiger partial charge in [-0.05, 0) is 32.0 Å². The molecule has 7 nitrogen and oxygen atoms in total. The van der Waals surface area contributed by atoms with Crippen LogP contribution in [0.15, 0.2) is 24.3 Å². The van der Waals surface area contributed by atoms with Crippen molar-refractivity contribution in [2.45, 2.75) is 20.4 Å². The Morgan fingerprint density at radius 3 is 2.50 bits per heavy atom. The molecular weight excluding hydrogens is 322 g/mol. The number of hydrogen-bond donors (Lipinski definition) is 2. The quantitative estimate of drug-likeness (QED) is 0.797. The van der Waals surface area contributed by atoms with Crippen molar-refractivity contribution < 1.29 is 23.1 Å². The van der Waals surface area contributed by atoms with Crippen LogP contribution in [0.25, 0.3) is 0 Å². The molecule has 1 aromatic carbocycles. The van der Waals surface area contributed by atoms with Crippen LogP contribution in [0.3, 0.4) is 0 Å². The molecule has 2 aromatic rings. The highest BCUT2D eigenvalue weighted by Crippen LogP contribution is 2.17. The number of aryl methyl sites for hydroxylation is 2. The Hall–Kier alpha value is -2.97. The third-order valence-electron chi connectivity index (χ3n) is 2.99. The van der Waals surface area contributed by atoms with E-state index >= 15 is 0 Å². The largest absolute Gasteiger partial charge is 0.481 e. The van der Waals surface area contributed by atoms with E-state index in [1.54, 1.807) is 13.8 Å². The number of aromatic nitrogens is 2. The molecule has 1 heterocycles. The molecule has 0 spiro atoms. The van der Waals surface area contributed by atoms with Gasteiger partial charge in [0.15, 0.2) is 18.2 Å². The number of hydrogen-bond acceptors (Lipinski definition) is 4. The standard InChI is InChI=1S/C15H16F2N4O3/c1-9-5-10(2)21(20-9)7-14(22)18-19-15(23)8-24-13-4-3-11(16)6-12(13)17/h3-6H,7-8H2,1-2H3,(H,18,22)(H,19,23). The minimum atomic E-state index is -0.920. The van der Waals surface area contributed by atoms with Gasteiger partial charge >= 0.3 is 0 Å². The van der Waals surface area contributed by atoms with E-state index in [9.17, 15) is 18.4 Å². The summed E-state index contributed by atoms with van der Waals surface area (Å²) in [4.78, 5) is 23.3. The van der Waals surface area contributed by atoms with Crippen molar-refractivity contribution in [3.8, 4) is 5.75 Å². The summed E-state index contributed by atoms with van der Waals surface area (Å²) >= 11 is 0. The number of nitrogens with one attached hydrogen (secondary N) is 2. The second kappa shape index (κ2) is 7.53. The molecule has 0 radical (unpaired) electrons. The van der Waals surface area contributed by atoms with Crippen molar-refractivity contribution in [3.05, 3.63) is 47.3 Å². The molecule has 0 aliphatic heterocycles. The lowest BCUT2D eigenvalue weighted by Crippen LogP contribution is -2.45. The first kappa shape index (κ1) is 17.4. The lowest BCUT2D eigenvalue weighted by atomic mass is 10.3. The van der Waals surface area contributed by atoms with Crippen LogP contribution < -0.4 is 15.6 Å². The summed E-state index contributed by atoms with van der Waals surface area (Å²) in [6.45, 7) is 3.00. The van der Waals surface area contributed by atoms with Gasteiger partial charge in [0, 0.05) is 11.8 Å². The molecule has 128 valence electrons. The average Bonchev–Trinajstić information content (AvgIpc) is 2.82. The zero-order valence-corrected chi connectivity index (χ0v) is 13.1. The van der Waals surface area contributed by atoms with E-state index in [2.05, 4.69) is 16.0 Å². The highest BCUT2D eigenvalue weighted by atomic mass is 19.1. The van der Waals surface area contributed by atoms with E-state index in [0.717, 1.165) is 23.5 Å². The smallest absolute Gasteiger partial charge is 0.276 e. The summed E-state index contributed by atoms with van der Waals surface area (Å²) in [5.41, 5.74) is 5.91. The molecule has 1 aromatic heterocycles. The van der Waals surface area contributed by atoms with E-state index in [1.807, 2.05) is 6.07 Å². The lowest BCUT2D eigenvalue weighted by molar-refractivity contribution is -0.130. The van der Waals surface area contributed by atoms with Crippen LogP contribution in [0.2, 0.25) is 0 Å². The van der Waals surface area contributed by atoms with Gasteiger partial charge < -0.3 is 4.74 Å². The zero-order chi connectivity index (χ0) is 17.7. The molecule has 0 aliphatic rings. The molecular formula is C15H16F2N4O3. The van der Waals surface area contributed by atoms with Gasteiger partial charge in [-0.2, -0.15) is 5.10 Å². The van der Waals surface area contributed by atoms with Crippen molar-refractivity contribution in [3.63, 3.8) is 0 Å². The molecule has 0 saturated carbocycles. The Labute approximate surface area is 136 Å². The maximum absolute atomic E-state index is 13.3. The summed E-state index contributed by atoms with van der Waals surface area (Å²) < 4.78 is 32.4. The minimum absolute atomic E-state index is 0.0621. The van der Waals surface area contributed by atoms with Crippen LogP contribution in [0, 0.1) is 25.5 Å². The average molecular weight is 338 g/mol. The van der Waals surface area contributed by atoms with Crippen molar-refractivity contribution in [1.82, 2.24) is 20.6 Å². The second-order valence-corrected chi connectivity index (χ2v) is 5.04. The molecule has 2 rings (SSSR count). The fraction of sp³-hybridized carbons (Fsp3) is 0.267. The van der Waals surface area contributed by atoms with E-state index < -0.39 is 30.1 Å². The molecule has 0 fully saturated rings. The Morgan fingerprint density at radius 2 is 1.88 bits per heavy atom. The highest BCUT2D eigenvalue weighted by Gasteiger charge is 2.10. The third-order valence-corrected chi connectivity index (χ3v) is 2.99. The molecule has 2 amide bonds. The van der Waals surface area contributed by atoms with Gasteiger partial charge in [-0.3, -0.25) is 25.1 Å². The van der Waals surface area contributed by atoms with Gasteiger partial charge in [0.25, 0.3) is 11.8 Å². The summed E-state index contributed by atoms with van der Waals surface area (Å²) in [5, 5.41) is 4.12. The number of halogens is 2. The number of carbonyl (C=O) groups excluding carboxylic acids is 2. The maximum atomic E-state index is 13.3. The first-order valence-electron chi connectivity index (χ1n) is 7.01. The minimum Gasteiger partial charge on any atom is -0.481 e. The lowest BCUT2D eigenvalue weighted by Gasteiger charge is -2.10. The number of rotatable bonds is 5. The van der Waals surface area contributed by atoms with Gasteiger partial charge in [0.1, 0.15) is 12.4 Å². The monoisotopic (exact) mass is 338 g/mol. The number of amides is 2. The predicted octanol–water partition coefficient (Wildman–Crippen LogP) is 1.00. The molecule has 0 aliphatic carbocycles. The number of benzene rings is 1. The number of carbonyl (C=O) groups is 2. The Morgan fingerprint density at radius 1 is 1.17 bits per heavy atom. The fourth-order valence-corrected chi connectivity index (χ4v) is 1.92. The van der Waals surface area contributed by atoms with Crippen LogP contribution in [0.1, 0.15) is 11.4 Å². The summed E-state index contributed by atoms with van der Waals surface area (Å²) in [6, 6.07) is 4.53. The normalized spacial score (nSPS) is 10.3. The predicted molar refractivity (Wildman–Crippen MR) is 79.8 cm³/mol. The van der Waals surface area contributed by atoms with E-state index in [1.165, 1.54) is 4.68 Å². The number of ether oxygens (including phenoxy) is 1. The van der Waals surface area contributed by atoms with Crippen LogP contribution >= 0.6 is 0 Å². The van der Waals surface area contributed by atoms with Crippen LogP contribution in [-0.2, 0) is 16.1 Å². The van der Waals surface area contributed by atoms with E-state index in [4.69, 9.17) is 4.74 Å². The van der Waals surface area contributed by atoms with E-state index in [-0.39, 0.29) is 12.3 Å². The number of nitrogens with zero attached hydrogens (tertiary/aromatic N) is 2. The van der Waals surface area contributed by atoms with Crippen molar-refractivity contribution in [1.29, 1.82) is 0 Å². The second-order valence-electron chi connectivity index (χ2n) is 5.04. The van der Waals surface area contributed by atoms with Crippen LogP contribution in [0.5, 0.6) is 5.75 Å². The number of hydrazine groups is 1. The SMILES string of the molecule is Cc1cc(C)n(CC(=O)NNC(=O)COc2ccc(F)cc2F)n1. The molecule has 0 unspecified atom stereocenters. The summed E-state index contributed by atoms with van der Waals surface area (Å²) in [7, 11) is 0. The third kappa shape index (κ3) is 4.77. The Bertz CT molecular complexity index is 761. The maximum Gasteiger partial charge on any atom is 0.276 e. The molecule has 2 N–H and O–H groups in total. The van der Waals surface area contributed by atoms with E-state index in [0.29, 0.717) is 6.07 Å². The van der Waals surface area contributed by atoms with Crippen LogP contribution in [-0.4, -0.2) is 28.2 Å². The summed E-state index contributed by atoms with van der Waals surface area (Å²) in [5.74, 6) is -3.11. The Balaban J connectivity index is 1.76. The van der Waals surface area contributed by atoms with Gasteiger partial charge in [-0.1, -0.05) is 0 Å². The summed E-state index contributed by atoms with van der Waals surface area (Å²) in [6.07, 6.45) is 0. The van der Waals surface area contributed by atoms with Crippen LogP contribution in [0.4, 0.5) is 8.78 Å². The van der Waals surface area contributed by atoms with Crippen molar-refractivity contribution in [2.75, 3.05) is 6.61 Å². The zero-order valence-electron chi connectivity index (χ0n) is 13.1. The van der Waals surface area contributed by atoms with Crippen molar-refractivity contribution in [2.24, 2.45) is 0 Å². The van der Waals surface area contributed by atoms with Gasteiger partial charge in [-0.15, -0.1) is 0 Å². The van der Waals surface area contributed by atoms with Gasteiger partial charge in [0.2, 0.25) is 0 Å². The molecule has 0 saturated heterocycles. The van der Waals surface area contributed by atoms with Crippen molar-refractivity contribution >= 4 is 11.8 Å². The topological polar surface area (TPSA) is 85.2 Å². The molecule has 0 bridgehead atoms. The van der Waals surface area contributed by atoms with Gasteiger partial charge in [0.05, 0.1) is 5.69 Å². The molecule has 0 atom stereocenters. The Kier molecular flexibility index (Phi) is 5.46. The highest BCUT2D eigenvalue weighted by molar-refractivity contribution is 5.82. The first-order valence-corrected chi connectivity index (χ1v) is 7.01. The molecule has 24 heavy (non-hydrogen) atoms. The fourth-order valence-electron chi connectivity index (χ4n) is 1.92. The molecule has 9 heteroatoms.